The van der Waals surface area contributed by atoms with Crippen LogP contribution in [0.15, 0.2) is 66.7 Å². The summed E-state index contributed by atoms with van der Waals surface area (Å²) in [6.45, 7) is 0. The van der Waals surface area contributed by atoms with Crippen molar-refractivity contribution >= 4 is 22.6 Å². The maximum atomic E-state index is 12.5. The Morgan fingerprint density at radius 2 is 1.55 bits per heavy atom. The highest BCUT2D eigenvalue weighted by atomic mass is 16.3. The molecule has 0 atom stereocenters. The van der Waals surface area contributed by atoms with Gasteiger partial charge in [-0.1, -0.05) is 60.7 Å². The molecule has 4 rings (SSSR count). The zero-order valence-electron chi connectivity index (χ0n) is 11.8. The van der Waals surface area contributed by atoms with Gasteiger partial charge in [-0.05, 0) is 34.0 Å². The van der Waals surface area contributed by atoms with Gasteiger partial charge in [0.25, 0.3) is 0 Å². The highest BCUT2D eigenvalue weighted by Crippen LogP contribution is 2.40. The maximum Gasteiger partial charge on any atom is 0.172 e. The van der Waals surface area contributed by atoms with Crippen LogP contribution < -0.4 is 0 Å². The first-order valence-electron chi connectivity index (χ1n) is 7.15. The van der Waals surface area contributed by atoms with E-state index in [1.807, 2.05) is 60.7 Å². The van der Waals surface area contributed by atoms with Gasteiger partial charge in [-0.2, -0.15) is 0 Å². The SMILES string of the molecule is O=C1C=Cc2ccccc2[C]1c1c(O)ccc2ccccc12. The molecule has 2 nitrogen and oxygen atoms in total. The molecule has 0 spiro atoms. The van der Waals surface area contributed by atoms with Crippen LogP contribution in [-0.4, -0.2) is 10.9 Å². The van der Waals surface area contributed by atoms with Crippen LogP contribution in [0.2, 0.25) is 0 Å². The molecule has 0 aliphatic heterocycles. The molecule has 0 unspecified atom stereocenters. The zero-order valence-corrected chi connectivity index (χ0v) is 11.8. The standard InChI is InChI=1S/C20H13O2/c21-17-11-9-13-5-1-3-7-15(13)19(17)20-16-8-4-2-6-14(16)10-12-18(20)22/h1-12,21H. The second-order valence-electron chi connectivity index (χ2n) is 5.34. The van der Waals surface area contributed by atoms with Gasteiger partial charge in [-0.3, -0.25) is 4.79 Å². The summed E-state index contributed by atoms with van der Waals surface area (Å²) < 4.78 is 0. The van der Waals surface area contributed by atoms with Crippen molar-refractivity contribution in [3.8, 4) is 5.75 Å². The summed E-state index contributed by atoms with van der Waals surface area (Å²) in [6, 6.07) is 19.0. The van der Waals surface area contributed by atoms with Gasteiger partial charge < -0.3 is 5.11 Å². The van der Waals surface area contributed by atoms with E-state index in [2.05, 4.69) is 0 Å². The fourth-order valence-corrected chi connectivity index (χ4v) is 3.03. The van der Waals surface area contributed by atoms with Crippen molar-refractivity contribution in [2.45, 2.75) is 0 Å². The van der Waals surface area contributed by atoms with E-state index in [4.69, 9.17) is 0 Å². The van der Waals surface area contributed by atoms with E-state index in [0.717, 1.165) is 21.9 Å². The van der Waals surface area contributed by atoms with Crippen LogP contribution in [0.1, 0.15) is 16.7 Å². The van der Waals surface area contributed by atoms with Crippen molar-refractivity contribution in [2.75, 3.05) is 0 Å². The summed E-state index contributed by atoms with van der Waals surface area (Å²) in [6.07, 6.45) is 3.39. The van der Waals surface area contributed by atoms with Crippen molar-refractivity contribution in [1.82, 2.24) is 0 Å². The Morgan fingerprint density at radius 3 is 2.45 bits per heavy atom. The number of phenolic OH excluding ortho intramolecular Hbond substituents is 1. The molecular formula is C20H13O2. The molecule has 1 aliphatic rings. The molecule has 0 fully saturated rings. The Hall–Kier alpha value is -2.87. The second kappa shape index (κ2) is 4.85. The van der Waals surface area contributed by atoms with E-state index in [1.54, 1.807) is 12.1 Å². The number of hydrogen-bond donors (Lipinski definition) is 1. The van der Waals surface area contributed by atoms with Gasteiger partial charge in [0.1, 0.15) is 11.7 Å². The first-order valence-corrected chi connectivity index (χ1v) is 7.15. The number of carbonyl (C=O) groups excluding carboxylic acids is 1. The Bertz CT molecular complexity index is 922. The average molecular weight is 285 g/mol. The first-order chi connectivity index (χ1) is 10.8. The molecule has 1 N–H and O–H groups in total. The van der Waals surface area contributed by atoms with Gasteiger partial charge >= 0.3 is 0 Å². The topological polar surface area (TPSA) is 37.3 Å². The number of allylic oxidation sites excluding steroid dienone is 1. The number of hydrogen-bond acceptors (Lipinski definition) is 2. The third-order valence-electron chi connectivity index (χ3n) is 4.05. The number of ketones is 1. The number of benzene rings is 3. The molecule has 3 aromatic rings. The minimum Gasteiger partial charge on any atom is -0.508 e. The molecule has 22 heavy (non-hydrogen) atoms. The van der Waals surface area contributed by atoms with Crippen molar-refractivity contribution in [3.63, 3.8) is 0 Å². The number of carbonyl (C=O) groups is 1. The quantitative estimate of drug-likeness (QED) is 0.730. The highest BCUT2D eigenvalue weighted by molar-refractivity contribution is 6.15. The lowest BCUT2D eigenvalue weighted by molar-refractivity contribution is -0.112. The van der Waals surface area contributed by atoms with Gasteiger partial charge in [0.2, 0.25) is 0 Å². The molecule has 0 saturated heterocycles. The summed E-state index contributed by atoms with van der Waals surface area (Å²) >= 11 is 0. The normalized spacial score (nSPS) is 14.3. The average Bonchev–Trinajstić information content (AvgIpc) is 2.56. The van der Waals surface area contributed by atoms with Crippen molar-refractivity contribution < 1.29 is 9.90 Å². The molecule has 0 heterocycles. The van der Waals surface area contributed by atoms with Gasteiger partial charge in [0.15, 0.2) is 5.78 Å². The van der Waals surface area contributed by atoms with E-state index in [-0.39, 0.29) is 11.5 Å². The fraction of sp³-hybridized carbons (Fsp3) is 0. The summed E-state index contributed by atoms with van der Waals surface area (Å²) in [5, 5.41) is 12.3. The van der Waals surface area contributed by atoms with Crippen molar-refractivity contribution in [1.29, 1.82) is 0 Å². The van der Waals surface area contributed by atoms with Crippen LogP contribution in [0.4, 0.5) is 0 Å². The number of fused-ring (bicyclic) bond motifs is 2. The summed E-state index contributed by atoms with van der Waals surface area (Å²) in [5.41, 5.74) is 2.46. The second-order valence-corrected chi connectivity index (χ2v) is 5.34. The van der Waals surface area contributed by atoms with Gasteiger partial charge in [-0.15, -0.1) is 0 Å². The van der Waals surface area contributed by atoms with Gasteiger partial charge in [0, 0.05) is 5.56 Å². The lowest BCUT2D eigenvalue weighted by Gasteiger charge is -2.22. The van der Waals surface area contributed by atoms with Crippen LogP contribution >= 0.6 is 0 Å². The Kier molecular flexibility index (Phi) is 2.83. The summed E-state index contributed by atoms with van der Waals surface area (Å²) in [5.74, 6) is 0.616. The van der Waals surface area contributed by atoms with Crippen LogP contribution in [-0.2, 0) is 4.79 Å². The molecule has 3 aromatic carbocycles. The molecule has 1 aliphatic carbocycles. The van der Waals surface area contributed by atoms with Gasteiger partial charge in [-0.25, -0.2) is 0 Å². The number of rotatable bonds is 1. The van der Waals surface area contributed by atoms with Crippen molar-refractivity contribution in [3.05, 3.63) is 89.3 Å². The lowest BCUT2D eigenvalue weighted by Crippen LogP contribution is -2.17. The molecular weight excluding hydrogens is 272 g/mol. The summed E-state index contributed by atoms with van der Waals surface area (Å²) in [4.78, 5) is 12.5. The Labute approximate surface area is 128 Å². The van der Waals surface area contributed by atoms with Crippen LogP contribution in [0.5, 0.6) is 5.75 Å². The zero-order chi connectivity index (χ0) is 15.1. The van der Waals surface area contributed by atoms with E-state index in [9.17, 15) is 9.90 Å². The minimum atomic E-state index is -0.0784. The smallest absolute Gasteiger partial charge is 0.172 e. The Balaban J connectivity index is 2.05. The van der Waals surface area contributed by atoms with E-state index in [1.165, 1.54) is 0 Å². The third kappa shape index (κ3) is 1.85. The molecule has 2 heteroatoms. The molecule has 0 amide bonds. The highest BCUT2D eigenvalue weighted by Gasteiger charge is 2.30. The first kappa shape index (κ1) is 12.8. The van der Waals surface area contributed by atoms with E-state index in [0.29, 0.717) is 11.5 Å². The fourth-order valence-electron chi connectivity index (χ4n) is 3.03. The lowest BCUT2D eigenvalue weighted by atomic mass is 9.79. The molecule has 0 saturated carbocycles. The van der Waals surface area contributed by atoms with Crippen LogP contribution in [0.25, 0.3) is 16.8 Å². The monoisotopic (exact) mass is 285 g/mol. The molecule has 105 valence electrons. The predicted octanol–water partition coefficient (Wildman–Crippen LogP) is 4.11. The predicted molar refractivity (Wildman–Crippen MR) is 87.5 cm³/mol. The van der Waals surface area contributed by atoms with Gasteiger partial charge in [0.05, 0.1) is 0 Å². The third-order valence-corrected chi connectivity index (χ3v) is 4.05. The molecule has 0 bridgehead atoms. The van der Waals surface area contributed by atoms with Crippen molar-refractivity contribution in [2.24, 2.45) is 0 Å². The number of aromatic hydroxyl groups is 1. The maximum absolute atomic E-state index is 12.5. The summed E-state index contributed by atoms with van der Waals surface area (Å²) in [7, 11) is 0. The van der Waals surface area contributed by atoms with Crippen LogP contribution in [0, 0.1) is 5.92 Å². The van der Waals surface area contributed by atoms with Crippen LogP contribution in [0.3, 0.4) is 0 Å². The molecule has 1 radical (unpaired) electrons. The largest absolute Gasteiger partial charge is 0.508 e. The minimum absolute atomic E-state index is 0.0784. The molecule has 0 aromatic heterocycles. The Morgan fingerprint density at radius 1 is 0.773 bits per heavy atom. The number of phenols is 1. The van der Waals surface area contributed by atoms with E-state index < -0.39 is 0 Å². The van der Waals surface area contributed by atoms with E-state index >= 15 is 0 Å².